The molecule has 36 heavy (non-hydrogen) atoms. The van der Waals surface area contributed by atoms with Gasteiger partial charge in [-0.3, -0.25) is 9.59 Å². The van der Waals surface area contributed by atoms with E-state index in [2.05, 4.69) is 48.0 Å². The smallest absolute Gasteiger partial charge is 0.264 e. The van der Waals surface area contributed by atoms with Gasteiger partial charge in [-0.25, -0.2) is 0 Å². The van der Waals surface area contributed by atoms with E-state index in [1.165, 1.54) is 5.56 Å². The first kappa shape index (κ1) is 24.4. The maximum Gasteiger partial charge on any atom is 0.264 e. The fourth-order valence-corrected chi connectivity index (χ4v) is 5.30. The van der Waals surface area contributed by atoms with Crippen molar-refractivity contribution in [3.63, 3.8) is 0 Å². The number of anilines is 1. The summed E-state index contributed by atoms with van der Waals surface area (Å²) in [6.07, 6.45) is -0.324. The average molecular weight is 542 g/mol. The fraction of sp³-hybridized carbons (Fsp3) is 0.226. The topological polar surface area (TPSA) is 57.6 Å². The molecule has 1 heterocycles. The summed E-state index contributed by atoms with van der Waals surface area (Å²) in [6, 6.07) is 25.0. The second kappa shape index (κ2) is 9.30. The summed E-state index contributed by atoms with van der Waals surface area (Å²) >= 11 is 3.47. The van der Waals surface area contributed by atoms with Crippen LogP contribution in [0.3, 0.4) is 0 Å². The molecule has 4 nitrogen and oxygen atoms in total. The third-order valence-electron chi connectivity index (χ3n) is 7.15. The van der Waals surface area contributed by atoms with Gasteiger partial charge in [0.1, 0.15) is 0 Å². The average Bonchev–Trinajstić information content (AvgIpc) is 3.06. The number of aryl methyl sites for hydroxylation is 1. The normalized spacial score (nSPS) is 17.2. The minimum Gasteiger partial charge on any atom is -0.375 e. The molecule has 182 valence electrons. The Morgan fingerprint density at radius 3 is 2.47 bits per heavy atom. The van der Waals surface area contributed by atoms with E-state index in [1.807, 2.05) is 55.5 Å². The highest BCUT2D eigenvalue weighted by Gasteiger charge is 2.51. The summed E-state index contributed by atoms with van der Waals surface area (Å²) in [7, 11) is 0. The van der Waals surface area contributed by atoms with Crippen molar-refractivity contribution < 1.29 is 14.7 Å². The van der Waals surface area contributed by atoms with Gasteiger partial charge < -0.3 is 10.0 Å². The van der Waals surface area contributed by atoms with Crippen LogP contribution in [0.2, 0.25) is 0 Å². The first-order valence-corrected chi connectivity index (χ1v) is 12.9. The highest BCUT2D eigenvalue weighted by molar-refractivity contribution is 9.10. The van der Waals surface area contributed by atoms with E-state index < -0.39 is 11.5 Å². The first-order valence-electron chi connectivity index (χ1n) is 12.1. The van der Waals surface area contributed by atoms with Gasteiger partial charge in [-0.2, -0.15) is 0 Å². The number of hydrogen-bond donors (Lipinski definition) is 1. The minimum absolute atomic E-state index is 0.276. The molecule has 0 radical (unpaired) electrons. The maximum absolute atomic E-state index is 13.8. The van der Waals surface area contributed by atoms with Gasteiger partial charge in [0.05, 0.1) is 18.7 Å². The van der Waals surface area contributed by atoms with E-state index in [9.17, 15) is 14.7 Å². The zero-order valence-corrected chi connectivity index (χ0v) is 22.2. The predicted octanol–water partition coefficient (Wildman–Crippen LogP) is 7.04. The van der Waals surface area contributed by atoms with Crippen LogP contribution in [0.4, 0.5) is 5.69 Å². The Morgan fingerprint density at radius 1 is 0.972 bits per heavy atom. The van der Waals surface area contributed by atoms with Crippen LogP contribution >= 0.6 is 15.9 Å². The number of benzene rings is 4. The van der Waals surface area contributed by atoms with E-state index in [0.717, 1.165) is 26.4 Å². The lowest BCUT2D eigenvalue weighted by Crippen LogP contribution is -2.41. The van der Waals surface area contributed by atoms with Gasteiger partial charge in [-0.05, 0) is 64.6 Å². The Hall–Kier alpha value is -3.28. The van der Waals surface area contributed by atoms with Crippen LogP contribution in [0.1, 0.15) is 58.8 Å². The second-order valence-corrected chi connectivity index (χ2v) is 10.8. The first-order chi connectivity index (χ1) is 17.2. The van der Waals surface area contributed by atoms with Crippen molar-refractivity contribution in [2.24, 2.45) is 0 Å². The van der Waals surface area contributed by atoms with Crippen LogP contribution < -0.4 is 4.90 Å². The Labute approximate surface area is 219 Å². The highest BCUT2D eigenvalue weighted by Crippen LogP contribution is 2.45. The van der Waals surface area contributed by atoms with Gasteiger partial charge in [-0.15, -0.1) is 0 Å². The fourth-order valence-electron chi connectivity index (χ4n) is 4.94. The van der Waals surface area contributed by atoms with E-state index in [-0.39, 0.29) is 12.2 Å². The third-order valence-corrected chi connectivity index (χ3v) is 7.64. The van der Waals surface area contributed by atoms with Crippen molar-refractivity contribution in [2.45, 2.75) is 45.3 Å². The van der Waals surface area contributed by atoms with Crippen molar-refractivity contribution in [1.82, 2.24) is 0 Å². The monoisotopic (exact) mass is 541 g/mol. The minimum atomic E-state index is -1.94. The summed E-state index contributed by atoms with van der Waals surface area (Å²) in [5.74, 6) is -0.389. The summed E-state index contributed by atoms with van der Waals surface area (Å²) < 4.78 is 0.741. The number of carbonyl (C=O) groups is 2. The van der Waals surface area contributed by atoms with Crippen molar-refractivity contribution in [2.75, 3.05) is 4.90 Å². The lowest BCUT2D eigenvalue weighted by Gasteiger charge is -2.24. The SMILES string of the molecule is Cc1ccc(C(C)C)cc1CN1C(=O)[C@](O)(CC(=O)c2ccc3ccccc3c2)c2cc(Br)ccc21. The van der Waals surface area contributed by atoms with E-state index >= 15 is 0 Å². The van der Waals surface area contributed by atoms with E-state index in [0.29, 0.717) is 29.3 Å². The van der Waals surface area contributed by atoms with Gasteiger partial charge in [-0.1, -0.05) is 84.4 Å². The Morgan fingerprint density at radius 2 is 1.72 bits per heavy atom. The maximum atomic E-state index is 13.8. The quantitative estimate of drug-likeness (QED) is 0.266. The largest absolute Gasteiger partial charge is 0.375 e. The lowest BCUT2D eigenvalue weighted by molar-refractivity contribution is -0.136. The molecule has 0 fully saturated rings. The number of Topliss-reactive ketones (excluding diaryl/α,β-unsaturated/α-hetero) is 1. The molecule has 4 aromatic carbocycles. The molecule has 1 aliphatic rings. The number of nitrogens with zero attached hydrogens (tertiary/aromatic N) is 1. The molecule has 0 bridgehead atoms. The van der Waals surface area contributed by atoms with Gasteiger partial charge in [0, 0.05) is 15.6 Å². The molecule has 0 spiro atoms. The molecule has 5 heteroatoms. The molecule has 1 aliphatic heterocycles. The molecule has 5 rings (SSSR count). The lowest BCUT2D eigenvalue weighted by atomic mass is 9.87. The molecular formula is C31H28BrNO3. The Balaban J connectivity index is 1.51. The molecule has 1 atom stereocenters. The molecule has 4 aromatic rings. The molecular weight excluding hydrogens is 514 g/mol. The molecule has 0 aliphatic carbocycles. The number of aliphatic hydroxyl groups is 1. The van der Waals surface area contributed by atoms with Crippen molar-refractivity contribution >= 4 is 44.1 Å². The van der Waals surface area contributed by atoms with Gasteiger partial charge in [0.2, 0.25) is 0 Å². The number of amides is 1. The number of ketones is 1. The van der Waals surface area contributed by atoms with Crippen molar-refractivity contribution in [3.05, 3.63) is 111 Å². The van der Waals surface area contributed by atoms with Gasteiger partial charge in [0.15, 0.2) is 11.4 Å². The standard InChI is InChI=1S/C31H28BrNO3/c1-19(2)22-9-8-20(3)25(14-22)18-33-28-13-12-26(32)16-27(28)31(36,30(33)35)17-29(34)24-11-10-21-6-4-5-7-23(21)15-24/h4-16,19,36H,17-18H2,1-3H3/t31-/m0/s1. The number of carbonyl (C=O) groups excluding carboxylic acids is 2. The number of hydrogen-bond acceptors (Lipinski definition) is 3. The number of halogens is 1. The van der Waals surface area contributed by atoms with Gasteiger partial charge >= 0.3 is 0 Å². The van der Waals surface area contributed by atoms with Crippen molar-refractivity contribution in [1.29, 1.82) is 0 Å². The molecule has 0 unspecified atom stereocenters. The Bertz CT molecular complexity index is 1510. The van der Waals surface area contributed by atoms with Crippen LogP contribution in [0.25, 0.3) is 10.8 Å². The summed E-state index contributed by atoms with van der Waals surface area (Å²) in [6.45, 7) is 6.63. The number of fused-ring (bicyclic) bond motifs is 2. The molecule has 1 amide bonds. The van der Waals surface area contributed by atoms with Crippen LogP contribution in [0, 0.1) is 6.92 Å². The molecule has 0 saturated heterocycles. The van der Waals surface area contributed by atoms with Crippen molar-refractivity contribution in [3.8, 4) is 0 Å². The van der Waals surface area contributed by atoms with E-state index in [4.69, 9.17) is 0 Å². The Kier molecular flexibility index (Phi) is 6.31. The number of rotatable bonds is 6. The van der Waals surface area contributed by atoms with E-state index in [1.54, 1.807) is 17.0 Å². The summed E-state index contributed by atoms with van der Waals surface area (Å²) in [5.41, 5.74) is 2.92. The van der Waals surface area contributed by atoms with Crippen LogP contribution in [0.5, 0.6) is 0 Å². The summed E-state index contributed by atoms with van der Waals surface area (Å²) in [5, 5.41) is 13.8. The molecule has 0 aromatic heterocycles. The molecule has 1 N–H and O–H groups in total. The zero-order chi connectivity index (χ0) is 25.6. The second-order valence-electron chi connectivity index (χ2n) is 9.92. The highest BCUT2D eigenvalue weighted by atomic mass is 79.9. The zero-order valence-electron chi connectivity index (χ0n) is 20.6. The van der Waals surface area contributed by atoms with Gasteiger partial charge in [0.25, 0.3) is 5.91 Å². The van der Waals surface area contributed by atoms with Crippen LogP contribution in [0.15, 0.2) is 83.3 Å². The van der Waals surface area contributed by atoms with Crippen LogP contribution in [-0.2, 0) is 16.9 Å². The predicted molar refractivity (Wildman–Crippen MR) is 147 cm³/mol. The third kappa shape index (κ3) is 4.27. The summed E-state index contributed by atoms with van der Waals surface area (Å²) in [4.78, 5) is 28.8. The van der Waals surface area contributed by atoms with Crippen LogP contribution in [-0.4, -0.2) is 16.8 Å². The molecule has 0 saturated carbocycles.